The zero-order valence-electron chi connectivity index (χ0n) is 16.7. The first kappa shape index (κ1) is 18.3. The summed E-state index contributed by atoms with van der Waals surface area (Å²) in [6.45, 7) is 7.06. The van der Waals surface area contributed by atoms with E-state index in [1.165, 1.54) is 17.7 Å². The summed E-state index contributed by atoms with van der Waals surface area (Å²) in [5.74, 6) is 1.93. The molecule has 0 radical (unpaired) electrons. The summed E-state index contributed by atoms with van der Waals surface area (Å²) in [6, 6.07) is 6.83. The molecule has 0 bridgehead atoms. The van der Waals surface area contributed by atoms with Crippen LogP contribution in [0.15, 0.2) is 24.4 Å². The predicted molar refractivity (Wildman–Crippen MR) is 108 cm³/mol. The topological polar surface area (TPSA) is 48.4 Å². The SMILES string of the molecule is Cc1nc(CN(C)C2CCCc3cccnc32)cc(N2CCN(C)CC2)n1. The van der Waals surface area contributed by atoms with Crippen LogP contribution in [-0.4, -0.2) is 65.0 Å². The molecule has 0 spiro atoms. The van der Waals surface area contributed by atoms with E-state index in [4.69, 9.17) is 15.0 Å². The number of piperazine rings is 1. The fourth-order valence-electron chi connectivity index (χ4n) is 4.27. The van der Waals surface area contributed by atoms with Gasteiger partial charge in [0.1, 0.15) is 11.6 Å². The standard InChI is InChI=1S/C21H30N6/c1-16-23-18(14-20(24-16)27-12-10-25(2)11-13-27)15-26(3)19-8-4-6-17-7-5-9-22-21(17)19/h5,7,9,14,19H,4,6,8,10-13,15H2,1-3H3. The number of rotatable bonds is 4. The smallest absolute Gasteiger partial charge is 0.132 e. The first-order valence-electron chi connectivity index (χ1n) is 10.0. The molecular weight excluding hydrogens is 336 g/mol. The maximum absolute atomic E-state index is 4.72. The van der Waals surface area contributed by atoms with Gasteiger partial charge in [0.15, 0.2) is 0 Å². The minimum Gasteiger partial charge on any atom is -0.354 e. The van der Waals surface area contributed by atoms with E-state index in [1.807, 2.05) is 13.1 Å². The third kappa shape index (κ3) is 4.12. The van der Waals surface area contributed by atoms with Gasteiger partial charge in [0.2, 0.25) is 0 Å². The van der Waals surface area contributed by atoms with Gasteiger partial charge in [-0.1, -0.05) is 6.07 Å². The summed E-state index contributed by atoms with van der Waals surface area (Å²) in [6.07, 6.45) is 5.46. The van der Waals surface area contributed by atoms with Crippen LogP contribution in [0.25, 0.3) is 0 Å². The number of anilines is 1. The highest BCUT2D eigenvalue weighted by molar-refractivity contribution is 5.40. The van der Waals surface area contributed by atoms with E-state index >= 15 is 0 Å². The number of likely N-dealkylation sites (N-methyl/N-ethyl adjacent to an activating group) is 1. The number of hydrogen-bond acceptors (Lipinski definition) is 6. The number of fused-ring (bicyclic) bond motifs is 1. The first-order chi connectivity index (χ1) is 13.1. The Hall–Kier alpha value is -2.05. The van der Waals surface area contributed by atoms with Crippen LogP contribution in [0.3, 0.4) is 0 Å². The second-order valence-corrected chi connectivity index (χ2v) is 7.93. The van der Waals surface area contributed by atoms with Crippen molar-refractivity contribution in [3.8, 4) is 0 Å². The van der Waals surface area contributed by atoms with Crippen LogP contribution < -0.4 is 4.90 Å². The van der Waals surface area contributed by atoms with Gasteiger partial charge in [-0.3, -0.25) is 9.88 Å². The third-order valence-electron chi connectivity index (χ3n) is 5.81. The van der Waals surface area contributed by atoms with Crippen LogP contribution in [0, 0.1) is 6.92 Å². The van der Waals surface area contributed by atoms with Gasteiger partial charge in [-0.05, 0) is 51.9 Å². The Morgan fingerprint density at radius 2 is 2.00 bits per heavy atom. The zero-order chi connectivity index (χ0) is 18.8. The molecule has 6 heteroatoms. The van der Waals surface area contributed by atoms with Crippen LogP contribution in [0.4, 0.5) is 5.82 Å². The first-order valence-corrected chi connectivity index (χ1v) is 10.0. The number of nitrogens with zero attached hydrogens (tertiary/aromatic N) is 6. The Kier molecular flexibility index (Phi) is 5.36. The highest BCUT2D eigenvalue weighted by atomic mass is 15.3. The van der Waals surface area contributed by atoms with E-state index in [0.717, 1.165) is 62.9 Å². The molecule has 1 atom stereocenters. The maximum Gasteiger partial charge on any atom is 0.132 e. The summed E-state index contributed by atoms with van der Waals surface area (Å²) < 4.78 is 0. The minimum absolute atomic E-state index is 0.373. The van der Waals surface area contributed by atoms with Gasteiger partial charge in [0, 0.05) is 45.0 Å². The summed E-state index contributed by atoms with van der Waals surface area (Å²) in [5.41, 5.74) is 3.75. The zero-order valence-corrected chi connectivity index (χ0v) is 16.7. The number of aryl methyl sites for hydroxylation is 2. The second-order valence-electron chi connectivity index (χ2n) is 7.93. The maximum atomic E-state index is 4.72. The van der Waals surface area contributed by atoms with Gasteiger partial charge in [0.05, 0.1) is 17.4 Å². The van der Waals surface area contributed by atoms with Crippen molar-refractivity contribution in [3.63, 3.8) is 0 Å². The minimum atomic E-state index is 0.373. The second kappa shape index (κ2) is 7.90. The van der Waals surface area contributed by atoms with Gasteiger partial charge in [-0.15, -0.1) is 0 Å². The molecule has 1 unspecified atom stereocenters. The third-order valence-corrected chi connectivity index (χ3v) is 5.81. The predicted octanol–water partition coefficient (Wildman–Crippen LogP) is 2.44. The van der Waals surface area contributed by atoms with Gasteiger partial charge < -0.3 is 9.80 Å². The molecule has 144 valence electrons. The fourth-order valence-corrected chi connectivity index (χ4v) is 4.27. The average molecular weight is 367 g/mol. The average Bonchev–Trinajstić information content (AvgIpc) is 2.67. The number of aromatic nitrogens is 3. The highest BCUT2D eigenvalue weighted by Gasteiger charge is 2.25. The van der Waals surface area contributed by atoms with E-state index in [9.17, 15) is 0 Å². The van der Waals surface area contributed by atoms with Crippen molar-refractivity contribution < 1.29 is 0 Å². The molecule has 3 heterocycles. The molecule has 27 heavy (non-hydrogen) atoms. The van der Waals surface area contributed by atoms with Crippen LogP contribution in [0.2, 0.25) is 0 Å². The molecule has 0 amide bonds. The van der Waals surface area contributed by atoms with E-state index in [2.05, 4.69) is 47.0 Å². The number of hydrogen-bond donors (Lipinski definition) is 0. The van der Waals surface area contributed by atoms with E-state index < -0.39 is 0 Å². The van der Waals surface area contributed by atoms with Gasteiger partial charge in [-0.25, -0.2) is 9.97 Å². The Labute approximate surface area is 162 Å². The molecule has 1 aliphatic heterocycles. The molecule has 0 aromatic carbocycles. The molecule has 0 saturated carbocycles. The molecule has 6 nitrogen and oxygen atoms in total. The van der Waals surface area contributed by atoms with Gasteiger partial charge in [0.25, 0.3) is 0 Å². The van der Waals surface area contributed by atoms with Crippen molar-refractivity contribution >= 4 is 5.82 Å². The Morgan fingerprint density at radius 1 is 1.19 bits per heavy atom. The highest BCUT2D eigenvalue weighted by Crippen LogP contribution is 2.32. The van der Waals surface area contributed by atoms with Crippen molar-refractivity contribution in [1.82, 2.24) is 24.8 Å². The Balaban J connectivity index is 1.51. The van der Waals surface area contributed by atoms with Crippen molar-refractivity contribution in [3.05, 3.63) is 47.2 Å². The Morgan fingerprint density at radius 3 is 2.81 bits per heavy atom. The van der Waals surface area contributed by atoms with Gasteiger partial charge in [-0.2, -0.15) is 0 Å². The van der Waals surface area contributed by atoms with Crippen LogP contribution in [0.1, 0.15) is 41.7 Å². The van der Waals surface area contributed by atoms with Crippen molar-refractivity contribution in [2.45, 2.75) is 38.8 Å². The van der Waals surface area contributed by atoms with Crippen LogP contribution in [0.5, 0.6) is 0 Å². The molecule has 4 rings (SSSR count). The monoisotopic (exact) mass is 366 g/mol. The summed E-state index contributed by atoms with van der Waals surface area (Å²) in [4.78, 5) is 21.3. The molecule has 0 N–H and O–H groups in total. The molecular formula is C21H30N6. The fraction of sp³-hybridized carbons (Fsp3) is 0.571. The molecule has 1 fully saturated rings. The van der Waals surface area contributed by atoms with E-state index in [-0.39, 0.29) is 0 Å². The lowest BCUT2D eigenvalue weighted by Gasteiger charge is -2.34. The summed E-state index contributed by atoms with van der Waals surface area (Å²) in [5, 5.41) is 0. The quantitative estimate of drug-likeness (QED) is 0.828. The van der Waals surface area contributed by atoms with Crippen molar-refractivity contribution in [2.24, 2.45) is 0 Å². The number of pyridine rings is 1. The largest absolute Gasteiger partial charge is 0.354 e. The summed E-state index contributed by atoms with van der Waals surface area (Å²) >= 11 is 0. The van der Waals surface area contributed by atoms with E-state index in [0.29, 0.717) is 6.04 Å². The van der Waals surface area contributed by atoms with Crippen molar-refractivity contribution in [2.75, 3.05) is 45.2 Å². The molecule has 1 aliphatic carbocycles. The molecule has 2 aromatic heterocycles. The molecule has 2 aromatic rings. The summed E-state index contributed by atoms with van der Waals surface area (Å²) in [7, 11) is 4.38. The van der Waals surface area contributed by atoms with Crippen LogP contribution in [-0.2, 0) is 13.0 Å². The van der Waals surface area contributed by atoms with Crippen molar-refractivity contribution in [1.29, 1.82) is 0 Å². The molecule has 1 saturated heterocycles. The van der Waals surface area contributed by atoms with Crippen LogP contribution >= 0.6 is 0 Å². The van der Waals surface area contributed by atoms with E-state index in [1.54, 1.807) is 0 Å². The normalized spacial score (nSPS) is 20.7. The lowest BCUT2D eigenvalue weighted by Crippen LogP contribution is -2.45. The lowest BCUT2D eigenvalue weighted by atomic mass is 9.91. The van der Waals surface area contributed by atoms with Gasteiger partial charge >= 0.3 is 0 Å². The molecule has 2 aliphatic rings. The Bertz CT molecular complexity index is 784. The lowest BCUT2D eigenvalue weighted by molar-refractivity contribution is 0.206.